The van der Waals surface area contributed by atoms with E-state index in [0.29, 0.717) is 16.2 Å². The summed E-state index contributed by atoms with van der Waals surface area (Å²) in [6.07, 6.45) is 14.8. The van der Waals surface area contributed by atoms with E-state index in [0.717, 1.165) is 29.2 Å². The molecule has 4 fully saturated rings. The van der Waals surface area contributed by atoms with E-state index in [9.17, 15) is 0 Å². The maximum Gasteiger partial charge on any atom is 0.00733 e. The van der Waals surface area contributed by atoms with Crippen molar-refractivity contribution in [2.75, 3.05) is 6.54 Å². The van der Waals surface area contributed by atoms with Gasteiger partial charge in [0, 0.05) is 6.04 Å². The predicted molar refractivity (Wildman–Crippen MR) is 112 cm³/mol. The molecule has 1 heterocycles. The Morgan fingerprint density at radius 3 is 2.00 bits per heavy atom. The fourth-order valence-electron chi connectivity index (χ4n) is 7.23. The number of hydrogen-bond acceptors (Lipinski definition) is 1. The van der Waals surface area contributed by atoms with Crippen LogP contribution < -0.4 is 5.32 Å². The van der Waals surface area contributed by atoms with Crippen molar-refractivity contribution >= 4 is 0 Å². The zero-order valence-electron chi connectivity index (χ0n) is 18.6. The first-order valence-corrected chi connectivity index (χ1v) is 11.7. The molecule has 1 heteroatoms. The Balaban J connectivity index is 1.28. The molecule has 2 bridgehead atoms. The van der Waals surface area contributed by atoms with Crippen LogP contribution in [0.2, 0.25) is 0 Å². The molecule has 1 saturated heterocycles. The van der Waals surface area contributed by atoms with Gasteiger partial charge in [0.1, 0.15) is 0 Å². The molecule has 4 rings (SSSR count). The molecule has 1 aliphatic heterocycles. The average Bonchev–Trinajstić information content (AvgIpc) is 3.15. The van der Waals surface area contributed by atoms with E-state index in [1.807, 2.05) is 0 Å². The largest absolute Gasteiger partial charge is 0.314 e. The predicted octanol–water partition coefficient (Wildman–Crippen LogP) is 6.81. The van der Waals surface area contributed by atoms with Crippen molar-refractivity contribution in [2.45, 2.75) is 112 Å². The van der Waals surface area contributed by atoms with Crippen molar-refractivity contribution in [3.63, 3.8) is 0 Å². The van der Waals surface area contributed by atoms with Crippen molar-refractivity contribution in [2.24, 2.45) is 39.4 Å². The maximum atomic E-state index is 3.71. The molecule has 0 aromatic heterocycles. The Bertz CT molecular complexity index is 510. The molecule has 4 aliphatic rings. The molecule has 3 unspecified atom stereocenters. The minimum absolute atomic E-state index is 0.537. The van der Waals surface area contributed by atoms with Gasteiger partial charge in [-0.3, -0.25) is 0 Å². The lowest BCUT2D eigenvalue weighted by atomic mass is 9.47. The lowest BCUT2D eigenvalue weighted by molar-refractivity contribution is -0.0718. The topological polar surface area (TPSA) is 12.0 Å². The highest BCUT2D eigenvalue weighted by Crippen LogP contribution is 2.63. The molecular weight excluding hydrogens is 314 g/mol. The smallest absolute Gasteiger partial charge is 0.00733 e. The molecule has 1 N–H and O–H groups in total. The molecule has 0 amide bonds. The van der Waals surface area contributed by atoms with Gasteiger partial charge in [-0.05, 0) is 110 Å². The van der Waals surface area contributed by atoms with Crippen LogP contribution in [0, 0.1) is 39.4 Å². The number of piperidine rings is 1. The van der Waals surface area contributed by atoms with Crippen molar-refractivity contribution in [1.82, 2.24) is 5.32 Å². The fraction of sp³-hybridized carbons (Fsp3) is 1.00. The van der Waals surface area contributed by atoms with Gasteiger partial charge >= 0.3 is 0 Å². The molecule has 150 valence electrons. The normalized spacial score (nSPS) is 36.5. The number of hydrogen-bond donors (Lipinski definition) is 1. The standard InChI is InChI=1S/C25H45N/c1-22(2)7-11-25(12-8-22)15-19(16-25)23(3,4)9-10-24(5,6)21-14-20-13-18(21)17-26-20/h18-21,26H,7-17H2,1-6H3. The van der Waals surface area contributed by atoms with Gasteiger partial charge < -0.3 is 5.32 Å². The van der Waals surface area contributed by atoms with Crippen LogP contribution in [0.25, 0.3) is 0 Å². The summed E-state index contributed by atoms with van der Waals surface area (Å²) in [5.41, 5.74) is 2.45. The van der Waals surface area contributed by atoms with Crippen molar-refractivity contribution in [3.05, 3.63) is 0 Å². The zero-order valence-corrected chi connectivity index (χ0v) is 18.6. The van der Waals surface area contributed by atoms with Gasteiger partial charge in [-0.2, -0.15) is 0 Å². The molecule has 1 nitrogen and oxygen atoms in total. The molecule has 3 aliphatic carbocycles. The lowest BCUT2D eigenvalue weighted by Gasteiger charge is -2.58. The summed E-state index contributed by atoms with van der Waals surface area (Å²) in [7, 11) is 0. The zero-order chi connectivity index (χ0) is 18.8. The van der Waals surface area contributed by atoms with E-state index in [-0.39, 0.29) is 0 Å². The molecule has 0 radical (unpaired) electrons. The van der Waals surface area contributed by atoms with Crippen molar-refractivity contribution in [1.29, 1.82) is 0 Å². The third-order valence-electron chi connectivity index (χ3n) is 9.91. The van der Waals surface area contributed by atoms with Crippen LogP contribution in [0.15, 0.2) is 0 Å². The van der Waals surface area contributed by atoms with Crippen LogP contribution in [0.1, 0.15) is 106 Å². The summed E-state index contributed by atoms with van der Waals surface area (Å²) in [6, 6.07) is 0.847. The summed E-state index contributed by atoms with van der Waals surface area (Å²) >= 11 is 0. The van der Waals surface area contributed by atoms with E-state index in [1.165, 1.54) is 70.8 Å². The highest BCUT2D eigenvalue weighted by molar-refractivity contribution is 5.04. The Hall–Kier alpha value is -0.0400. The second kappa shape index (κ2) is 6.23. The van der Waals surface area contributed by atoms with Crippen LogP contribution in [-0.4, -0.2) is 12.6 Å². The summed E-state index contributed by atoms with van der Waals surface area (Å²) < 4.78 is 0. The van der Waals surface area contributed by atoms with Gasteiger partial charge in [-0.25, -0.2) is 0 Å². The second-order valence-corrected chi connectivity index (χ2v) is 13.2. The number of rotatable bonds is 5. The molecular formula is C25H45N. The summed E-state index contributed by atoms with van der Waals surface area (Å²) in [4.78, 5) is 0. The summed E-state index contributed by atoms with van der Waals surface area (Å²) in [6.45, 7) is 16.6. The van der Waals surface area contributed by atoms with E-state index < -0.39 is 0 Å². The first-order chi connectivity index (χ1) is 12.0. The summed E-state index contributed by atoms with van der Waals surface area (Å²) in [5, 5.41) is 3.71. The first-order valence-electron chi connectivity index (χ1n) is 11.7. The number of nitrogens with one attached hydrogen (secondary N) is 1. The number of fused-ring (bicyclic) bond motifs is 2. The summed E-state index contributed by atoms with van der Waals surface area (Å²) in [5.74, 6) is 2.93. The molecule has 1 spiro atoms. The van der Waals surface area contributed by atoms with E-state index in [1.54, 1.807) is 0 Å². The Labute approximate surface area is 163 Å². The average molecular weight is 360 g/mol. The SMILES string of the molecule is CC1(C)CCC2(CC1)CC(C(C)(C)CCC(C)(C)C1CC3CC1CN3)C2. The van der Waals surface area contributed by atoms with Crippen LogP contribution in [0.4, 0.5) is 0 Å². The molecule has 3 saturated carbocycles. The van der Waals surface area contributed by atoms with Crippen LogP contribution in [-0.2, 0) is 0 Å². The van der Waals surface area contributed by atoms with E-state index in [4.69, 9.17) is 0 Å². The van der Waals surface area contributed by atoms with Gasteiger partial charge in [-0.15, -0.1) is 0 Å². The highest BCUT2D eigenvalue weighted by Gasteiger charge is 2.52. The third-order valence-corrected chi connectivity index (χ3v) is 9.91. The van der Waals surface area contributed by atoms with Crippen LogP contribution in [0.3, 0.4) is 0 Å². The molecule has 0 aromatic rings. The quantitative estimate of drug-likeness (QED) is 0.568. The van der Waals surface area contributed by atoms with E-state index in [2.05, 4.69) is 46.9 Å². The van der Waals surface area contributed by atoms with Crippen LogP contribution in [0.5, 0.6) is 0 Å². The van der Waals surface area contributed by atoms with Crippen molar-refractivity contribution < 1.29 is 0 Å². The Morgan fingerprint density at radius 2 is 1.46 bits per heavy atom. The minimum Gasteiger partial charge on any atom is -0.314 e. The van der Waals surface area contributed by atoms with E-state index >= 15 is 0 Å². The molecule has 26 heavy (non-hydrogen) atoms. The monoisotopic (exact) mass is 359 g/mol. The second-order valence-electron chi connectivity index (χ2n) is 13.2. The lowest BCUT2D eigenvalue weighted by Crippen LogP contribution is -2.47. The Morgan fingerprint density at radius 1 is 0.846 bits per heavy atom. The molecule has 3 atom stereocenters. The van der Waals surface area contributed by atoms with Gasteiger partial charge in [0.05, 0.1) is 0 Å². The van der Waals surface area contributed by atoms with Gasteiger partial charge in [0.2, 0.25) is 0 Å². The van der Waals surface area contributed by atoms with Gasteiger partial charge in [-0.1, -0.05) is 41.5 Å². The fourth-order valence-corrected chi connectivity index (χ4v) is 7.23. The van der Waals surface area contributed by atoms with Gasteiger partial charge in [0.25, 0.3) is 0 Å². The molecule has 0 aromatic carbocycles. The highest BCUT2D eigenvalue weighted by atomic mass is 15.0. The Kier molecular flexibility index (Phi) is 4.62. The van der Waals surface area contributed by atoms with Gasteiger partial charge in [0.15, 0.2) is 0 Å². The van der Waals surface area contributed by atoms with Crippen LogP contribution >= 0.6 is 0 Å². The third kappa shape index (κ3) is 3.51. The van der Waals surface area contributed by atoms with Crippen molar-refractivity contribution in [3.8, 4) is 0 Å². The maximum absolute atomic E-state index is 3.71. The minimum atomic E-state index is 0.537. The first kappa shape index (κ1) is 19.3.